The lowest BCUT2D eigenvalue weighted by atomic mass is 10.1. The number of nitrogens with zero attached hydrogens (tertiary/aromatic N) is 3. The molecule has 7 heteroatoms. The number of likely N-dealkylation sites (tertiary alicyclic amines) is 1. The number of hydrogen-bond acceptors (Lipinski definition) is 4. The number of hydrogen-bond donors (Lipinski definition) is 0. The van der Waals surface area contributed by atoms with Gasteiger partial charge in [-0.15, -0.1) is 11.8 Å². The highest BCUT2D eigenvalue weighted by Gasteiger charge is 2.26. The molecule has 1 aromatic carbocycles. The summed E-state index contributed by atoms with van der Waals surface area (Å²) >= 11 is 1.35. The summed E-state index contributed by atoms with van der Waals surface area (Å²) in [7, 11) is 0. The van der Waals surface area contributed by atoms with Gasteiger partial charge in [-0.25, -0.2) is 18.7 Å². The Morgan fingerprint density at radius 2 is 2.12 bits per heavy atom. The van der Waals surface area contributed by atoms with E-state index in [0.29, 0.717) is 23.7 Å². The van der Waals surface area contributed by atoms with Crippen LogP contribution < -0.4 is 0 Å². The predicted molar refractivity (Wildman–Crippen MR) is 87.9 cm³/mol. The van der Waals surface area contributed by atoms with Gasteiger partial charge in [0, 0.05) is 35.0 Å². The number of carbonyl (C=O) groups excluding carboxylic acids is 1. The van der Waals surface area contributed by atoms with Gasteiger partial charge in [0.2, 0.25) is 0 Å². The van der Waals surface area contributed by atoms with Crippen LogP contribution in [0.4, 0.5) is 8.78 Å². The van der Waals surface area contributed by atoms with Gasteiger partial charge >= 0.3 is 0 Å². The fourth-order valence-electron chi connectivity index (χ4n) is 2.70. The largest absolute Gasteiger partial charge is 0.336 e. The Hall–Kier alpha value is -2.02. The molecule has 4 nitrogen and oxygen atoms in total. The molecule has 1 atom stereocenters. The maximum absolute atomic E-state index is 13.8. The fraction of sp³-hybridized carbons (Fsp3) is 0.353. The van der Waals surface area contributed by atoms with Crippen molar-refractivity contribution in [3.05, 3.63) is 53.6 Å². The highest BCUT2D eigenvalue weighted by Crippen LogP contribution is 2.31. The number of aromatic nitrogens is 2. The lowest BCUT2D eigenvalue weighted by molar-refractivity contribution is 0.0722. The van der Waals surface area contributed by atoms with Crippen LogP contribution in [0, 0.1) is 18.6 Å². The molecule has 1 aromatic heterocycles. The van der Waals surface area contributed by atoms with Gasteiger partial charge in [0.1, 0.15) is 23.7 Å². The van der Waals surface area contributed by atoms with Crippen LogP contribution in [-0.2, 0) is 0 Å². The van der Waals surface area contributed by atoms with Gasteiger partial charge in [-0.2, -0.15) is 0 Å². The summed E-state index contributed by atoms with van der Waals surface area (Å²) in [5.41, 5.74) is 1.12. The van der Waals surface area contributed by atoms with E-state index in [1.165, 1.54) is 30.2 Å². The molecule has 1 amide bonds. The summed E-state index contributed by atoms with van der Waals surface area (Å²) in [4.78, 5) is 22.7. The molecule has 0 radical (unpaired) electrons. The third-order valence-electron chi connectivity index (χ3n) is 3.88. The number of amides is 1. The van der Waals surface area contributed by atoms with E-state index in [9.17, 15) is 13.6 Å². The third-order valence-corrected chi connectivity index (χ3v) is 5.18. The van der Waals surface area contributed by atoms with Crippen molar-refractivity contribution in [2.75, 3.05) is 13.1 Å². The van der Waals surface area contributed by atoms with Crippen molar-refractivity contribution in [1.29, 1.82) is 0 Å². The van der Waals surface area contributed by atoms with E-state index in [-0.39, 0.29) is 11.2 Å². The summed E-state index contributed by atoms with van der Waals surface area (Å²) in [6.45, 7) is 2.98. The average molecular weight is 349 g/mol. The maximum Gasteiger partial charge on any atom is 0.272 e. The fourth-order valence-corrected chi connectivity index (χ4v) is 3.92. The quantitative estimate of drug-likeness (QED) is 0.851. The number of aryl methyl sites for hydroxylation is 1. The van der Waals surface area contributed by atoms with Gasteiger partial charge in [-0.1, -0.05) is 0 Å². The van der Waals surface area contributed by atoms with Crippen LogP contribution in [0.5, 0.6) is 0 Å². The minimum absolute atomic E-state index is 0.0746. The first-order valence-corrected chi connectivity index (χ1v) is 8.60. The Labute approximate surface area is 143 Å². The van der Waals surface area contributed by atoms with Crippen LogP contribution in [0.1, 0.15) is 29.0 Å². The molecule has 0 aliphatic carbocycles. The minimum atomic E-state index is -0.587. The van der Waals surface area contributed by atoms with Crippen LogP contribution in [0.15, 0.2) is 35.5 Å². The molecule has 1 aliphatic heterocycles. The minimum Gasteiger partial charge on any atom is -0.336 e. The van der Waals surface area contributed by atoms with Gasteiger partial charge in [0.05, 0.1) is 0 Å². The summed E-state index contributed by atoms with van der Waals surface area (Å²) in [5.74, 6) is -1.28. The molecule has 0 unspecified atom stereocenters. The number of halogens is 2. The third kappa shape index (κ3) is 3.90. The number of piperidine rings is 1. The molecule has 0 N–H and O–H groups in total. The van der Waals surface area contributed by atoms with Crippen LogP contribution >= 0.6 is 11.8 Å². The van der Waals surface area contributed by atoms with Crippen LogP contribution in [0.3, 0.4) is 0 Å². The van der Waals surface area contributed by atoms with Gasteiger partial charge in [0.25, 0.3) is 5.91 Å². The SMILES string of the molecule is Cc1cc(C(=O)N2CCC[C@@H](Sc3ccc(F)cc3F)C2)ncn1. The number of rotatable bonds is 3. The second-order valence-electron chi connectivity index (χ2n) is 5.75. The molecule has 0 bridgehead atoms. The van der Waals surface area contributed by atoms with Crippen molar-refractivity contribution in [2.24, 2.45) is 0 Å². The normalized spacial score (nSPS) is 17.8. The Morgan fingerprint density at radius 1 is 1.29 bits per heavy atom. The average Bonchev–Trinajstić information content (AvgIpc) is 2.57. The van der Waals surface area contributed by atoms with E-state index < -0.39 is 11.6 Å². The van der Waals surface area contributed by atoms with E-state index in [2.05, 4.69) is 9.97 Å². The second-order valence-corrected chi connectivity index (χ2v) is 7.09. The van der Waals surface area contributed by atoms with Crippen molar-refractivity contribution < 1.29 is 13.6 Å². The summed E-state index contributed by atoms with van der Waals surface area (Å²) in [6, 6.07) is 5.25. The number of benzene rings is 1. The number of thioether (sulfide) groups is 1. The maximum atomic E-state index is 13.8. The van der Waals surface area contributed by atoms with Crippen LogP contribution in [-0.4, -0.2) is 39.1 Å². The lowest BCUT2D eigenvalue weighted by Crippen LogP contribution is -2.41. The van der Waals surface area contributed by atoms with Gasteiger partial charge in [-0.05, 0) is 38.0 Å². The molecule has 1 saturated heterocycles. The Bertz CT molecular complexity index is 756. The molecule has 1 fully saturated rings. The number of carbonyl (C=O) groups is 1. The van der Waals surface area contributed by atoms with E-state index in [4.69, 9.17) is 0 Å². The molecular weight excluding hydrogens is 332 g/mol. The molecule has 1 aliphatic rings. The molecule has 3 rings (SSSR count). The first-order valence-electron chi connectivity index (χ1n) is 7.72. The van der Waals surface area contributed by atoms with Crippen LogP contribution in [0.2, 0.25) is 0 Å². The Kier molecular flexibility index (Phi) is 5.08. The van der Waals surface area contributed by atoms with Gasteiger partial charge in [-0.3, -0.25) is 4.79 Å². The van der Waals surface area contributed by atoms with Crippen molar-refractivity contribution in [1.82, 2.24) is 14.9 Å². The first kappa shape index (κ1) is 16.8. The highest BCUT2D eigenvalue weighted by atomic mass is 32.2. The monoisotopic (exact) mass is 349 g/mol. The van der Waals surface area contributed by atoms with Crippen molar-refractivity contribution >= 4 is 17.7 Å². The summed E-state index contributed by atoms with van der Waals surface area (Å²) in [5, 5.41) is 0.0746. The molecule has 0 spiro atoms. The van der Waals surface area contributed by atoms with E-state index in [1.807, 2.05) is 6.92 Å². The molecular formula is C17H17F2N3OS. The van der Waals surface area contributed by atoms with Crippen molar-refractivity contribution in [3.63, 3.8) is 0 Å². The standard InChI is InChI=1S/C17H17F2N3OS/c1-11-7-15(21-10-20-11)17(23)22-6-2-3-13(9-22)24-16-5-4-12(18)8-14(16)19/h4-5,7-8,10,13H,2-3,6,9H2,1H3/t13-/m1/s1. The van der Waals surface area contributed by atoms with Gasteiger partial charge < -0.3 is 4.90 Å². The Balaban J connectivity index is 1.69. The van der Waals surface area contributed by atoms with E-state index in [1.54, 1.807) is 11.0 Å². The smallest absolute Gasteiger partial charge is 0.272 e. The van der Waals surface area contributed by atoms with Gasteiger partial charge in [0.15, 0.2) is 0 Å². The van der Waals surface area contributed by atoms with E-state index >= 15 is 0 Å². The molecule has 2 heterocycles. The molecule has 0 saturated carbocycles. The van der Waals surface area contributed by atoms with Crippen LogP contribution in [0.25, 0.3) is 0 Å². The van der Waals surface area contributed by atoms with Crippen molar-refractivity contribution in [3.8, 4) is 0 Å². The molecule has 2 aromatic rings. The second kappa shape index (κ2) is 7.25. The molecule has 24 heavy (non-hydrogen) atoms. The predicted octanol–water partition coefficient (Wildman–Crippen LogP) is 3.46. The van der Waals surface area contributed by atoms with E-state index in [0.717, 1.165) is 24.6 Å². The van der Waals surface area contributed by atoms with Crippen molar-refractivity contribution in [2.45, 2.75) is 29.9 Å². The first-order chi connectivity index (χ1) is 11.5. The zero-order valence-corrected chi connectivity index (χ0v) is 14.0. The zero-order chi connectivity index (χ0) is 17.1. The zero-order valence-electron chi connectivity index (χ0n) is 13.2. The lowest BCUT2D eigenvalue weighted by Gasteiger charge is -2.32. The summed E-state index contributed by atoms with van der Waals surface area (Å²) in [6.07, 6.45) is 3.11. The summed E-state index contributed by atoms with van der Waals surface area (Å²) < 4.78 is 26.8. The highest BCUT2D eigenvalue weighted by molar-refractivity contribution is 8.00. The Morgan fingerprint density at radius 3 is 2.88 bits per heavy atom. The molecule has 126 valence electrons. The topological polar surface area (TPSA) is 46.1 Å².